The lowest BCUT2D eigenvalue weighted by molar-refractivity contribution is -0.146. The van der Waals surface area contributed by atoms with Gasteiger partial charge in [-0.05, 0) is 25.7 Å². The van der Waals surface area contributed by atoms with Crippen molar-refractivity contribution in [2.45, 2.75) is 51.6 Å². The first-order valence-electron chi connectivity index (χ1n) is 4.46. The van der Waals surface area contributed by atoms with Crippen molar-refractivity contribution in [3.05, 3.63) is 0 Å². The van der Waals surface area contributed by atoms with Gasteiger partial charge in [-0.1, -0.05) is 12.8 Å². The first kappa shape index (κ1) is 8.57. The number of hydrogen-bond donors (Lipinski definition) is 0. The minimum Gasteiger partial charge on any atom is -0.463 e. The largest absolute Gasteiger partial charge is 0.463 e. The van der Waals surface area contributed by atoms with Crippen LogP contribution in [0.4, 0.5) is 0 Å². The Labute approximate surface area is 67.9 Å². The number of esters is 1. The van der Waals surface area contributed by atoms with Gasteiger partial charge in [-0.2, -0.15) is 0 Å². The van der Waals surface area contributed by atoms with Crippen molar-refractivity contribution in [3.8, 4) is 0 Å². The SMILES string of the molecule is CC(=O)OC1CCCCCC1. The second kappa shape index (κ2) is 4.37. The van der Waals surface area contributed by atoms with Crippen LogP contribution in [0.2, 0.25) is 0 Å². The summed E-state index contributed by atoms with van der Waals surface area (Å²) >= 11 is 0. The molecular weight excluding hydrogens is 140 g/mol. The molecule has 1 aliphatic carbocycles. The van der Waals surface area contributed by atoms with Crippen molar-refractivity contribution >= 4 is 5.97 Å². The zero-order valence-corrected chi connectivity index (χ0v) is 7.14. The van der Waals surface area contributed by atoms with Crippen LogP contribution < -0.4 is 0 Å². The van der Waals surface area contributed by atoms with E-state index in [1.165, 1.54) is 32.6 Å². The van der Waals surface area contributed by atoms with E-state index in [2.05, 4.69) is 0 Å². The molecule has 0 aromatic heterocycles. The Bertz CT molecular complexity index is 124. The Balaban J connectivity index is 2.25. The molecule has 0 bridgehead atoms. The molecule has 0 aromatic carbocycles. The fourth-order valence-electron chi connectivity index (χ4n) is 1.59. The maximum Gasteiger partial charge on any atom is 0.302 e. The molecule has 0 aliphatic heterocycles. The number of ether oxygens (including phenoxy) is 1. The molecule has 0 amide bonds. The van der Waals surface area contributed by atoms with Crippen molar-refractivity contribution in [3.63, 3.8) is 0 Å². The van der Waals surface area contributed by atoms with E-state index in [1.807, 2.05) is 0 Å². The molecule has 0 N–H and O–H groups in total. The van der Waals surface area contributed by atoms with E-state index in [-0.39, 0.29) is 12.1 Å². The third-order valence-electron chi connectivity index (χ3n) is 2.13. The highest BCUT2D eigenvalue weighted by atomic mass is 16.5. The lowest BCUT2D eigenvalue weighted by Crippen LogP contribution is -2.14. The summed E-state index contributed by atoms with van der Waals surface area (Å²) in [5.41, 5.74) is 0. The normalized spacial score (nSPS) is 20.8. The minimum atomic E-state index is -0.128. The van der Waals surface area contributed by atoms with Crippen LogP contribution in [0.25, 0.3) is 0 Å². The Morgan fingerprint density at radius 3 is 2.18 bits per heavy atom. The third-order valence-corrected chi connectivity index (χ3v) is 2.13. The maximum absolute atomic E-state index is 10.6. The molecule has 1 saturated carbocycles. The van der Waals surface area contributed by atoms with Crippen molar-refractivity contribution < 1.29 is 9.53 Å². The number of hydrogen-bond acceptors (Lipinski definition) is 2. The Hall–Kier alpha value is -0.530. The van der Waals surface area contributed by atoms with Gasteiger partial charge in [0.1, 0.15) is 6.10 Å². The Kier molecular flexibility index (Phi) is 3.40. The van der Waals surface area contributed by atoms with E-state index in [1.54, 1.807) is 0 Å². The Morgan fingerprint density at radius 1 is 1.18 bits per heavy atom. The summed E-state index contributed by atoms with van der Waals surface area (Å²) in [6, 6.07) is 0. The Morgan fingerprint density at radius 2 is 1.73 bits per heavy atom. The zero-order chi connectivity index (χ0) is 8.10. The summed E-state index contributed by atoms with van der Waals surface area (Å²) in [5.74, 6) is -0.128. The molecule has 0 unspecified atom stereocenters. The van der Waals surface area contributed by atoms with Gasteiger partial charge >= 0.3 is 5.97 Å². The number of carbonyl (C=O) groups is 1. The van der Waals surface area contributed by atoms with Gasteiger partial charge in [-0.3, -0.25) is 4.79 Å². The number of carbonyl (C=O) groups excluding carboxylic acids is 1. The molecule has 0 heterocycles. The second-order valence-electron chi connectivity index (χ2n) is 3.22. The van der Waals surface area contributed by atoms with Crippen LogP contribution in [0, 0.1) is 0 Å². The molecule has 1 fully saturated rings. The predicted molar refractivity (Wildman–Crippen MR) is 43.3 cm³/mol. The summed E-state index contributed by atoms with van der Waals surface area (Å²) in [6.45, 7) is 1.49. The van der Waals surface area contributed by atoms with Crippen molar-refractivity contribution in [2.75, 3.05) is 0 Å². The molecule has 11 heavy (non-hydrogen) atoms. The highest BCUT2D eigenvalue weighted by Gasteiger charge is 2.13. The average molecular weight is 156 g/mol. The minimum absolute atomic E-state index is 0.128. The average Bonchev–Trinajstić information content (AvgIpc) is 2.14. The zero-order valence-electron chi connectivity index (χ0n) is 7.14. The van der Waals surface area contributed by atoms with Crippen LogP contribution in [0.15, 0.2) is 0 Å². The third kappa shape index (κ3) is 3.40. The summed E-state index contributed by atoms with van der Waals surface area (Å²) in [5, 5.41) is 0. The molecule has 0 aromatic rings. The van der Waals surface area contributed by atoms with Crippen molar-refractivity contribution in [1.29, 1.82) is 0 Å². The van der Waals surface area contributed by atoms with E-state index >= 15 is 0 Å². The quantitative estimate of drug-likeness (QED) is 0.430. The predicted octanol–water partition coefficient (Wildman–Crippen LogP) is 2.27. The topological polar surface area (TPSA) is 26.3 Å². The first-order chi connectivity index (χ1) is 5.29. The molecule has 0 spiro atoms. The summed E-state index contributed by atoms with van der Waals surface area (Å²) in [7, 11) is 0. The van der Waals surface area contributed by atoms with Crippen LogP contribution in [0.3, 0.4) is 0 Å². The van der Waals surface area contributed by atoms with Gasteiger partial charge in [0.25, 0.3) is 0 Å². The first-order valence-corrected chi connectivity index (χ1v) is 4.46. The molecule has 2 heteroatoms. The second-order valence-corrected chi connectivity index (χ2v) is 3.22. The van der Waals surface area contributed by atoms with Gasteiger partial charge in [0.05, 0.1) is 0 Å². The van der Waals surface area contributed by atoms with Crippen LogP contribution in [-0.4, -0.2) is 12.1 Å². The monoisotopic (exact) mass is 156 g/mol. The molecule has 1 rings (SSSR count). The van der Waals surface area contributed by atoms with Crippen LogP contribution in [0.5, 0.6) is 0 Å². The number of rotatable bonds is 1. The van der Waals surface area contributed by atoms with Gasteiger partial charge in [-0.15, -0.1) is 0 Å². The van der Waals surface area contributed by atoms with Gasteiger partial charge in [-0.25, -0.2) is 0 Å². The molecule has 2 nitrogen and oxygen atoms in total. The fourth-order valence-corrected chi connectivity index (χ4v) is 1.59. The standard InChI is InChI=1S/C9H16O2/c1-8(10)11-9-6-4-2-3-5-7-9/h9H,2-7H2,1H3. The van der Waals surface area contributed by atoms with Gasteiger partial charge in [0, 0.05) is 6.92 Å². The van der Waals surface area contributed by atoms with E-state index < -0.39 is 0 Å². The fraction of sp³-hybridized carbons (Fsp3) is 0.889. The van der Waals surface area contributed by atoms with E-state index in [4.69, 9.17) is 4.74 Å². The van der Waals surface area contributed by atoms with Gasteiger partial charge < -0.3 is 4.74 Å². The summed E-state index contributed by atoms with van der Waals surface area (Å²) < 4.78 is 5.13. The van der Waals surface area contributed by atoms with Gasteiger partial charge in [0.2, 0.25) is 0 Å². The lowest BCUT2D eigenvalue weighted by Gasteiger charge is -2.13. The van der Waals surface area contributed by atoms with Gasteiger partial charge in [0.15, 0.2) is 0 Å². The van der Waals surface area contributed by atoms with E-state index in [9.17, 15) is 4.79 Å². The van der Waals surface area contributed by atoms with Crippen LogP contribution >= 0.6 is 0 Å². The molecule has 0 atom stereocenters. The van der Waals surface area contributed by atoms with Crippen LogP contribution in [-0.2, 0) is 9.53 Å². The summed E-state index contributed by atoms with van der Waals surface area (Å²) in [4.78, 5) is 10.6. The maximum atomic E-state index is 10.6. The highest BCUT2D eigenvalue weighted by Crippen LogP contribution is 2.19. The van der Waals surface area contributed by atoms with E-state index in [0.29, 0.717) is 0 Å². The van der Waals surface area contributed by atoms with Crippen molar-refractivity contribution in [1.82, 2.24) is 0 Å². The molecular formula is C9H16O2. The molecule has 64 valence electrons. The van der Waals surface area contributed by atoms with Crippen molar-refractivity contribution in [2.24, 2.45) is 0 Å². The molecule has 0 radical (unpaired) electrons. The molecule has 1 aliphatic rings. The lowest BCUT2D eigenvalue weighted by atomic mass is 10.1. The van der Waals surface area contributed by atoms with E-state index in [0.717, 1.165) is 12.8 Å². The smallest absolute Gasteiger partial charge is 0.302 e. The summed E-state index contributed by atoms with van der Waals surface area (Å²) in [6.07, 6.45) is 7.40. The highest BCUT2D eigenvalue weighted by molar-refractivity contribution is 5.66. The van der Waals surface area contributed by atoms with Crippen LogP contribution in [0.1, 0.15) is 45.4 Å². The molecule has 0 saturated heterocycles.